The topological polar surface area (TPSA) is 75.7 Å². The van der Waals surface area contributed by atoms with Crippen LogP contribution in [0.4, 0.5) is 11.4 Å². The summed E-state index contributed by atoms with van der Waals surface area (Å²) in [5.41, 5.74) is 1.08. The number of anilines is 2. The van der Waals surface area contributed by atoms with E-state index >= 15 is 0 Å². The molecule has 3 aromatic rings. The molecule has 0 unspecified atom stereocenters. The SMILES string of the molecule is CCN(c1ccc(Oc2ccccc2)cc1)S(=O)(=O)c1ccc(NC(C)=O)cc1. The second kappa shape index (κ2) is 8.79. The molecule has 0 aromatic heterocycles. The molecule has 150 valence electrons. The number of amides is 1. The molecule has 0 aliphatic rings. The minimum absolute atomic E-state index is 0.151. The van der Waals surface area contributed by atoms with E-state index in [1.54, 1.807) is 43.3 Å². The van der Waals surface area contributed by atoms with Crippen molar-refractivity contribution in [2.45, 2.75) is 18.7 Å². The Morgan fingerprint density at radius 2 is 1.48 bits per heavy atom. The van der Waals surface area contributed by atoms with E-state index in [4.69, 9.17) is 4.74 Å². The second-order valence-corrected chi connectivity index (χ2v) is 8.15. The molecule has 0 saturated heterocycles. The number of ether oxygens (including phenoxy) is 1. The fourth-order valence-electron chi connectivity index (χ4n) is 2.84. The molecular weight excluding hydrogens is 388 g/mol. The van der Waals surface area contributed by atoms with Gasteiger partial charge in [-0.05, 0) is 67.6 Å². The minimum atomic E-state index is -3.74. The highest BCUT2D eigenvalue weighted by Gasteiger charge is 2.23. The predicted molar refractivity (Wildman–Crippen MR) is 114 cm³/mol. The summed E-state index contributed by atoms with van der Waals surface area (Å²) in [6, 6.07) is 22.4. The number of hydrogen-bond acceptors (Lipinski definition) is 4. The first-order valence-electron chi connectivity index (χ1n) is 9.13. The molecular formula is C22H22N2O4S. The average molecular weight is 410 g/mol. The zero-order valence-electron chi connectivity index (χ0n) is 16.2. The normalized spacial score (nSPS) is 11.0. The monoisotopic (exact) mass is 410 g/mol. The van der Waals surface area contributed by atoms with Gasteiger partial charge in [0.1, 0.15) is 11.5 Å². The van der Waals surface area contributed by atoms with Crippen LogP contribution in [0.25, 0.3) is 0 Å². The van der Waals surface area contributed by atoms with E-state index in [1.807, 2.05) is 30.3 Å². The first kappa shape index (κ1) is 20.4. The molecule has 3 aromatic carbocycles. The zero-order chi connectivity index (χ0) is 20.9. The number of para-hydroxylation sites is 1. The Labute approximate surface area is 170 Å². The third-order valence-electron chi connectivity index (χ3n) is 4.15. The van der Waals surface area contributed by atoms with Crippen molar-refractivity contribution >= 4 is 27.3 Å². The van der Waals surface area contributed by atoms with E-state index < -0.39 is 10.0 Å². The minimum Gasteiger partial charge on any atom is -0.457 e. The van der Waals surface area contributed by atoms with Gasteiger partial charge in [-0.1, -0.05) is 18.2 Å². The van der Waals surface area contributed by atoms with E-state index in [0.717, 1.165) is 0 Å². The first-order chi connectivity index (χ1) is 13.9. The van der Waals surface area contributed by atoms with Crippen molar-refractivity contribution in [2.24, 2.45) is 0 Å². The standard InChI is InChI=1S/C22H22N2O4S/c1-3-24(29(26,27)22-15-9-18(10-16-22)23-17(2)25)19-11-13-21(14-12-19)28-20-7-5-4-6-8-20/h4-16H,3H2,1-2H3,(H,23,25). The van der Waals surface area contributed by atoms with Gasteiger partial charge < -0.3 is 10.1 Å². The van der Waals surface area contributed by atoms with Crippen molar-refractivity contribution in [1.82, 2.24) is 0 Å². The first-order valence-corrected chi connectivity index (χ1v) is 10.6. The summed E-state index contributed by atoms with van der Waals surface area (Å²) in [5.74, 6) is 1.11. The van der Waals surface area contributed by atoms with Crippen molar-refractivity contribution < 1.29 is 17.9 Å². The molecule has 0 heterocycles. The van der Waals surface area contributed by atoms with Crippen LogP contribution >= 0.6 is 0 Å². The van der Waals surface area contributed by atoms with Crippen molar-refractivity contribution in [3.05, 3.63) is 78.9 Å². The Morgan fingerprint density at radius 3 is 2.03 bits per heavy atom. The van der Waals surface area contributed by atoms with Gasteiger partial charge >= 0.3 is 0 Å². The molecule has 1 amide bonds. The number of sulfonamides is 1. The van der Waals surface area contributed by atoms with Crippen LogP contribution in [0.1, 0.15) is 13.8 Å². The van der Waals surface area contributed by atoms with Gasteiger partial charge in [0.25, 0.3) is 10.0 Å². The summed E-state index contributed by atoms with van der Waals surface area (Å²) < 4.78 is 33.2. The Morgan fingerprint density at radius 1 is 0.897 bits per heavy atom. The van der Waals surface area contributed by atoms with Gasteiger partial charge in [-0.25, -0.2) is 8.42 Å². The molecule has 7 heteroatoms. The lowest BCUT2D eigenvalue weighted by molar-refractivity contribution is -0.114. The molecule has 0 aliphatic carbocycles. The van der Waals surface area contributed by atoms with Crippen molar-refractivity contribution in [3.8, 4) is 11.5 Å². The summed E-state index contributed by atoms with van der Waals surface area (Å²) in [7, 11) is -3.74. The number of nitrogens with zero attached hydrogens (tertiary/aromatic N) is 1. The third kappa shape index (κ3) is 4.94. The van der Waals surface area contributed by atoms with Gasteiger partial charge in [-0.2, -0.15) is 0 Å². The predicted octanol–water partition coefficient (Wildman–Crippen LogP) is 4.65. The van der Waals surface area contributed by atoms with Crippen LogP contribution in [0.2, 0.25) is 0 Å². The van der Waals surface area contributed by atoms with E-state index in [-0.39, 0.29) is 17.3 Å². The van der Waals surface area contributed by atoms with E-state index in [9.17, 15) is 13.2 Å². The molecule has 0 saturated carbocycles. The highest BCUT2D eigenvalue weighted by Crippen LogP contribution is 2.28. The number of carbonyl (C=O) groups excluding carboxylic acids is 1. The van der Waals surface area contributed by atoms with Crippen LogP contribution < -0.4 is 14.4 Å². The van der Waals surface area contributed by atoms with Crippen molar-refractivity contribution in [1.29, 1.82) is 0 Å². The largest absolute Gasteiger partial charge is 0.457 e. The highest BCUT2D eigenvalue weighted by molar-refractivity contribution is 7.92. The summed E-state index contributed by atoms with van der Waals surface area (Å²) in [6.45, 7) is 3.45. The Balaban J connectivity index is 1.81. The molecule has 0 aliphatic heterocycles. The lowest BCUT2D eigenvalue weighted by Gasteiger charge is -2.23. The smallest absolute Gasteiger partial charge is 0.264 e. The third-order valence-corrected chi connectivity index (χ3v) is 6.07. The van der Waals surface area contributed by atoms with Gasteiger partial charge in [0.2, 0.25) is 5.91 Å². The number of carbonyl (C=O) groups is 1. The van der Waals surface area contributed by atoms with E-state index in [1.165, 1.54) is 23.4 Å². The highest BCUT2D eigenvalue weighted by atomic mass is 32.2. The Kier molecular flexibility index (Phi) is 6.19. The number of nitrogens with one attached hydrogen (secondary N) is 1. The maximum atomic E-state index is 13.1. The maximum absolute atomic E-state index is 13.1. The van der Waals surface area contributed by atoms with Crippen LogP contribution in [-0.2, 0) is 14.8 Å². The van der Waals surface area contributed by atoms with Gasteiger partial charge in [0, 0.05) is 19.2 Å². The van der Waals surface area contributed by atoms with Gasteiger partial charge in [0.15, 0.2) is 0 Å². The zero-order valence-corrected chi connectivity index (χ0v) is 17.0. The van der Waals surface area contributed by atoms with Crippen LogP contribution in [0.5, 0.6) is 11.5 Å². The molecule has 0 radical (unpaired) electrons. The molecule has 6 nitrogen and oxygen atoms in total. The van der Waals surface area contributed by atoms with Gasteiger partial charge in [-0.15, -0.1) is 0 Å². The van der Waals surface area contributed by atoms with Crippen LogP contribution in [0, 0.1) is 0 Å². The Hall–Kier alpha value is -3.32. The number of benzene rings is 3. The summed E-state index contributed by atoms with van der Waals surface area (Å²) >= 11 is 0. The fourth-order valence-corrected chi connectivity index (χ4v) is 4.31. The van der Waals surface area contributed by atoms with Gasteiger partial charge in [0.05, 0.1) is 10.6 Å². The quantitative estimate of drug-likeness (QED) is 0.615. The summed E-state index contributed by atoms with van der Waals surface area (Å²) in [6.07, 6.45) is 0. The molecule has 0 bridgehead atoms. The summed E-state index contributed by atoms with van der Waals surface area (Å²) in [4.78, 5) is 11.3. The van der Waals surface area contributed by atoms with Crippen molar-refractivity contribution in [3.63, 3.8) is 0 Å². The maximum Gasteiger partial charge on any atom is 0.264 e. The number of rotatable bonds is 7. The molecule has 29 heavy (non-hydrogen) atoms. The van der Waals surface area contributed by atoms with Crippen LogP contribution in [0.15, 0.2) is 83.8 Å². The van der Waals surface area contributed by atoms with E-state index in [2.05, 4.69) is 5.32 Å². The number of hydrogen-bond donors (Lipinski definition) is 1. The lowest BCUT2D eigenvalue weighted by Crippen LogP contribution is -2.30. The van der Waals surface area contributed by atoms with Crippen LogP contribution in [-0.4, -0.2) is 20.9 Å². The molecule has 0 atom stereocenters. The fraction of sp³-hybridized carbons (Fsp3) is 0.136. The van der Waals surface area contributed by atoms with Gasteiger partial charge in [-0.3, -0.25) is 9.10 Å². The molecule has 1 N–H and O–H groups in total. The second-order valence-electron chi connectivity index (χ2n) is 6.28. The molecule has 0 spiro atoms. The van der Waals surface area contributed by atoms with Crippen molar-refractivity contribution in [2.75, 3.05) is 16.2 Å². The molecule has 3 rings (SSSR count). The average Bonchev–Trinajstić information content (AvgIpc) is 2.70. The van der Waals surface area contributed by atoms with Crippen LogP contribution in [0.3, 0.4) is 0 Å². The van der Waals surface area contributed by atoms with E-state index in [0.29, 0.717) is 22.9 Å². The lowest BCUT2D eigenvalue weighted by atomic mass is 10.3. The molecule has 0 fully saturated rings. The Bertz CT molecular complexity index is 1060. The summed E-state index contributed by atoms with van der Waals surface area (Å²) in [5, 5.41) is 2.62.